The number of fused-ring (bicyclic) bond motifs is 1. The highest BCUT2D eigenvalue weighted by atomic mass is 35.5. The van der Waals surface area contributed by atoms with Crippen LogP contribution in [-0.4, -0.2) is 13.2 Å². The number of halogens is 1. The Kier molecular flexibility index (Phi) is 3.58. The van der Waals surface area contributed by atoms with Gasteiger partial charge in [-0.15, -0.1) is 0 Å². The summed E-state index contributed by atoms with van der Waals surface area (Å²) in [6.45, 7) is 3.09. The maximum absolute atomic E-state index is 6.28. The zero-order valence-electron chi connectivity index (χ0n) is 11.8. The van der Waals surface area contributed by atoms with Gasteiger partial charge in [0, 0.05) is 29.4 Å². The van der Waals surface area contributed by atoms with Crippen molar-refractivity contribution in [3.05, 3.63) is 58.6 Å². The average Bonchev–Trinajstić information content (AvgIpc) is 2.77. The molecule has 2 aromatic carbocycles. The van der Waals surface area contributed by atoms with E-state index in [1.54, 1.807) is 7.11 Å². The lowest BCUT2D eigenvalue weighted by atomic mass is 10.1. The summed E-state index contributed by atoms with van der Waals surface area (Å²) in [6.07, 6.45) is 1.07. The molecule has 0 amide bonds. The Morgan fingerprint density at radius 3 is 2.80 bits per heavy atom. The van der Waals surface area contributed by atoms with E-state index in [-0.39, 0.29) is 0 Å². The maximum Gasteiger partial charge on any atom is 0.120 e. The third kappa shape index (κ3) is 2.36. The molecule has 1 aliphatic heterocycles. The molecule has 0 radical (unpaired) electrons. The summed E-state index contributed by atoms with van der Waals surface area (Å²) >= 11 is 6.28. The zero-order valence-corrected chi connectivity index (χ0v) is 12.5. The van der Waals surface area contributed by atoms with Gasteiger partial charge in [-0.2, -0.15) is 0 Å². The van der Waals surface area contributed by atoms with E-state index in [2.05, 4.69) is 30.0 Å². The van der Waals surface area contributed by atoms with Crippen LogP contribution < -0.4 is 9.64 Å². The minimum absolute atomic E-state index is 0.480. The Bertz CT molecular complexity index is 626. The molecule has 0 aromatic heterocycles. The molecule has 0 bridgehead atoms. The van der Waals surface area contributed by atoms with Gasteiger partial charge >= 0.3 is 0 Å². The maximum atomic E-state index is 6.28. The van der Waals surface area contributed by atoms with Crippen LogP contribution in [0.5, 0.6) is 5.75 Å². The van der Waals surface area contributed by atoms with E-state index in [1.165, 1.54) is 11.3 Å². The number of ether oxygens (including phenoxy) is 1. The van der Waals surface area contributed by atoms with Gasteiger partial charge in [-0.1, -0.05) is 35.9 Å². The summed E-state index contributed by atoms with van der Waals surface area (Å²) < 4.78 is 5.34. The van der Waals surface area contributed by atoms with Crippen LogP contribution >= 0.6 is 11.6 Å². The van der Waals surface area contributed by atoms with Gasteiger partial charge in [0.2, 0.25) is 0 Å². The van der Waals surface area contributed by atoms with E-state index < -0.39 is 0 Å². The molecular formula is C17H18ClNO. The van der Waals surface area contributed by atoms with Crippen LogP contribution in [0.4, 0.5) is 5.69 Å². The average molecular weight is 288 g/mol. The van der Waals surface area contributed by atoms with Gasteiger partial charge in [0.05, 0.1) is 7.11 Å². The smallest absolute Gasteiger partial charge is 0.120 e. The molecule has 1 heterocycles. The Balaban J connectivity index is 1.93. The van der Waals surface area contributed by atoms with Crippen LogP contribution in [0.1, 0.15) is 18.1 Å². The van der Waals surface area contributed by atoms with Crippen molar-refractivity contribution in [2.45, 2.75) is 25.9 Å². The summed E-state index contributed by atoms with van der Waals surface area (Å²) in [5, 5.41) is 0.830. The van der Waals surface area contributed by atoms with E-state index >= 15 is 0 Å². The van der Waals surface area contributed by atoms with Crippen LogP contribution in [0, 0.1) is 0 Å². The molecule has 1 atom stereocenters. The number of hydrogen-bond donors (Lipinski definition) is 0. The molecule has 1 unspecified atom stereocenters. The molecule has 3 rings (SSSR count). The SMILES string of the molecule is COc1ccc2c(c1)N(Cc1ccccc1Cl)C(C)C2. The predicted molar refractivity (Wildman–Crippen MR) is 83.8 cm³/mol. The summed E-state index contributed by atoms with van der Waals surface area (Å²) in [6, 6.07) is 14.8. The van der Waals surface area contributed by atoms with E-state index in [1.807, 2.05) is 24.3 Å². The first kappa shape index (κ1) is 13.3. The zero-order chi connectivity index (χ0) is 14.1. The normalized spacial score (nSPS) is 17.1. The molecule has 0 saturated heterocycles. The first-order chi connectivity index (χ1) is 9.69. The molecule has 0 aliphatic carbocycles. The van der Waals surface area contributed by atoms with Crippen LogP contribution in [0.15, 0.2) is 42.5 Å². The fraction of sp³-hybridized carbons (Fsp3) is 0.294. The number of hydrogen-bond acceptors (Lipinski definition) is 2. The molecular weight excluding hydrogens is 270 g/mol. The first-order valence-electron chi connectivity index (χ1n) is 6.86. The highest BCUT2D eigenvalue weighted by Gasteiger charge is 2.26. The van der Waals surface area contributed by atoms with Gasteiger partial charge in [-0.25, -0.2) is 0 Å². The molecule has 0 fully saturated rings. The van der Waals surface area contributed by atoms with Gasteiger partial charge in [0.15, 0.2) is 0 Å². The van der Waals surface area contributed by atoms with Crippen LogP contribution in [0.25, 0.3) is 0 Å². The molecule has 104 valence electrons. The fourth-order valence-corrected chi connectivity index (χ4v) is 3.02. The van der Waals surface area contributed by atoms with E-state index in [9.17, 15) is 0 Å². The molecule has 3 heteroatoms. The quantitative estimate of drug-likeness (QED) is 0.834. The van der Waals surface area contributed by atoms with Crippen molar-refractivity contribution in [2.75, 3.05) is 12.0 Å². The van der Waals surface area contributed by atoms with Crippen molar-refractivity contribution in [2.24, 2.45) is 0 Å². The van der Waals surface area contributed by atoms with Crippen LogP contribution in [0.3, 0.4) is 0 Å². The lowest BCUT2D eigenvalue weighted by molar-refractivity contribution is 0.415. The Morgan fingerprint density at radius 1 is 1.25 bits per heavy atom. The number of nitrogens with zero attached hydrogens (tertiary/aromatic N) is 1. The summed E-state index contributed by atoms with van der Waals surface area (Å²) in [5.74, 6) is 0.905. The monoisotopic (exact) mass is 287 g/mol. The topological polar surface area (TPSA) is 12.5 Å². The highest BCUT2D eigenvalue weighted by molar-refractivity contribution is 6.31. The molecule has 20 heavy (non-hydrogen) atoms. The van der Waals surface area contributed by atoms with Crippen molar-refractivity contribution in [1.82, 2.24) is 0 Å². The first-order valence-corrected chi connectivity index (χ1v) is 7.24. The van der Waals surface area contributed by atoms with Gasteiger partial charge in [-0.05, 0) is 36.6 Å². The van der Waals surface area contributed by atoms with Gasteiger partial charge in [-0.3, -0.25) is 0 Å². The number of rotatable bonds is 3. The van der Waals surface area contributed by atoms with E-state index in [4.69, 9.17) is 16.3 Å². The third-order valence-corrected chi connectivity index (χ3v) is 4.32. The highest BCUT2D eigenvalue weighted by Crippen LogP contribution is 2.36. The molecule has 2 aromatic rings. The van der Waals surface area contributed by atoms with Crippen molar-refractivity contribution < 1.29 is 4.74 Å². The third-order valence-electron chi connectivity index (χ3n) is 3.95. The minimum atomic E-state index is 0.480. The summed E-state index contributed by atoms with van der Waals surface area (Å²) in [7, 11) is 1.71. The largest absolute Gasteiger partial charge is 0.497 e. The van der Waals surface area contributed by atoms with Gasteiger partial charge in [0.1, 0.15) is 5.75 Å². The molecule has 0 N–H and O–H groups in total. The van der Waals surface area contributed by atoms with Crippen molar-refractivity contribution in [1.29, 1.82) is 0 Å². The molecule has 0 saturated carbocycles. The second-order valence-electron chi connectivity index (χ2n) is 5.27. The molecule has 1 aliphatic rings. The predicted octanol–water partition coefficient (Wildman–Crippen LogP) is 4.30. The van der Waals surface area contributed by atoms with Crippen molar-refractivity contribution in [3.8, 4) is 5.75 Å². The lowest BCUT2D eigenvalue weighted by Gasteiger charge is -2.25. The second kappa shape index (κ2) is 5.37. The van der Waals surface area contributed by atoms with Crippen LogP contribution in [-0.2, 0) is 13.0 Å². The Labute approximate surface area is 124 Å². The van der Waals surface area contributed by atoms with Crippen molar-refractivity contribution in [3.63, 3.8) is 0 Å². The summed E-state index contributed by atoms with van der Waals surface area (Å²) in [4.78, 5) is 2.40. The fourth-order valence-electron chi connectivity index (χ4n) is 2.83. The standard InChI is InChI=1S/C17H18ClNO/c1-12-9-13-7-8-15(20-2)10-17(13)19(12)11-14-5-3-4-6-16(14)18/h3-8,10,12H,9,11H2,1-2H3. The lowest BCUT2D eigenvalue weighted by Crippen LogP contribution is -2.28. The molecule has 2 nitrogen and oxygen atoms in total. The van der Waals surface area contributed by atoms with E-state index in [0.29, 0.717) is 6.04 Å². The number of anilines is 1. The Morgan fingerprint density at radius 2 is 2.05 bits per heavy atom. The Hall–Kier alpha value is -1.67. The van der Waals surface area contributed by atoms with Crippen LogP contribution in [0.2, 0.25) is 5.02 Å². The van der Waals surface area contributed by atoms with Gasteiger partial charge < -0.3 is 9.64 Å². The second-order valence-corrected chi connectivity index (χ2v) is 5.67. The van der Waals surface area contributed by atoms with Crippen molar-refractivity contribution >= 4 is 17.3 Å². The van der Waals surface area contributed by atoms with E-state index in [0.717, 1.165) is 29.3 Å². The summed E-state index contributed by atoms with van der Waals surface area (Å²) in [5.41, 5.74) is 3.80. The minimum Gasteiger partial charge on any atom is -0.497 e. The number of methoxy groups -OCH3 is 1. The van der Waals surface area contributed by atoms with Gasteiger partial charge in [0.25, 0.3) is 0 Å². The molecule has 0 spiro atoms. The number of benzene rings is 2.